The minimum atomic E-state index is -0.796. The maximum atomic E-state index is 14.0. The molecule has 0 radical (unpaired) electrons. The van der Waals surface area contributed by atoms with Crippen LogP contribution >= 0.6 is 15.9 Å². The molecule has 7 rings (SSSR count). The van der Waals surface area contributed by atoms with Crippen LogP contribution in [0.25, 0.3) is 0 Å². The summed E-state index contributed by atoms with van der Waals surface area (Å²) in [6.45, 7) is 3.56. The average molecular weight is 516 g/mol. The summed E-state index contributed by atoms with van der Waals surface area (Å²) in [5.74, 6) is -2.28. The molecule has 1 saturated heterocycles. The molecule has 3 aromatic carbocycles. The van der Waals surface area contributed by atoms with Gasteiger partial charge in [-0.25, -0.2) is 9.69 Å². The summed E-state index contributed by atoms with van der Waals surface area (Å²) in [6, 6.07) is 22.7. The molecule has 1 fully saturated rings. The van der Waals surface area contributed by atoms with E-state index in [0.717, 1.165) is 22.3 Å². The maximum Gasteiger partial charge on any atom is 0.338 e. The summed E-state index contributed by atoms with van der Waals surface area (Å²) in [5, 5.41) is 0. The van der Waals surface area contributed by atoms with Crippen molar-refractivity contribution in [2.75, 3.05) is 4.90 Å². The third kappa shape index (κ3) is 2.69. The van der Waals surface area contributed by atoms with Crippen LogP contribution in [-0.2, 0) is 18.7 Å². The largest absolute Gasteiger partial charge is 0.459 e. The first-order valence-electron chi connectivity index (χ1n) is 11.4. The third-order valence-electron chi connectivity index (χ3n) is 7.20. The Morgan fingerprint density at radius 2 is 1.53 bits per heavy atom. The van der Waals surface area contributed by atoms with Gasteiger partial charge in [-0.2, -0.15) is 0 Å². The van der Waals surface area contributed by atoms with Gasteiger partial charge in [0.1, 0.15) is 0 Å². The zero-order valence-corrected chi connectivity index (χ0v) is 20.3. The molecule has 0 saturated carbocycles. The number of nitrogens with zero attached hydrogens (tertiary/aromatic N) is 1. The Hall–Kier alpha value is -3.25. The van der Waals surface area contributed by atoms with E-state index >= 15 is 0 Å². The Morgan fingerprint density at radius 3 is 2.15 bits per heavy atom. The number of rotatable bonds is 3. The molecule has 3 aromatic rings. The van der Waals surface area contributed by atoms with Crippen molar-refractivity contribution in [1.82, 2.24) is 0 Å². The molecular weight excluding hydrogens is 494 g/mol. The molecule has 2 atom stereocenters. The monoisotopic (exact) mass is 515 g/mol. The van der Waals surface area contributed by atoms with Crippen molar-refractivity contribution >= 4 is 39.4 Å². The number of hydrogen-bond donors (Lipinski definition) is 0. The normalized spacial score (nSPS) is 26.4. The number of halogens is 1. The Labute approximate surface area is 205 Å². The van der Waals surface area contributed by atoms with E-state index in [1.165, 1.54) is 4.90 Å². The fourth-order valence-electron chi connectivity index (χ4n) is 5.99. The number of esters is 1. The molecule has 0 aromatic heterocycles. The Bertz CT molecular complexity index is 1330. The van der Waals surface area contributed by atoms with Crippen molar-refractivity contribution in [2.24, 2.45) is 11.8 Å². The first kappa shape index (κ1) is 21.3. The summed E-state index contributed by atoms with van der Waals surface area (Å²) < 4.78 is 4.52. The number of carbonyl (C=O) groups is 3. The molecule has 0 unspecified atom stereocenters. The van der Waals surface area contributed by atoms with Gasteiger partial charge in [-0.15, -0.1) is 0 Å². The standard InChI is InChI=1S/C28H22BrNO4/c1-15(2)34-27(33)16-8-7-9-17(14-16)30-25(31)23-22-18-10-3-5-12-20(18)28(29,24(23)26(30)32)21-13-6-4-11-19(21)22/h3-15,22-24H,1-2H3/t22?,23-,24+,28?/m0/s1. The molecule has 6 heteroatoms. The van der Waals surface area contributed by atoms with Crippen molar-refractivity contribution in [3.8, 4) is 0 Å². The molecule has 34 heavy (non-hydrogen) atoms. The van der Waals surface area contributed by atoms with Gasteiger partial charge in [-0.1, -0.05) is 70.5 Å². The summed E-state index contributed by atoms with van der Waals surface area (Å²) in [5.41, 5.74) is 4.94. The predicted molar refractivity (Wildman–Crippen MR) is 131 cm³/mol. The van der Waals surface area contributed by atoms with E-state index in [9.17, 15) is 14.4 Å². The molecule has 1 aliphatic heterocycles. The molecule has 170 valence electrons. The minimum absolute atomic E-state index is 0.202. The van der Waals surface area contributed by atoms with Gasteiger partial charge >= 0.3 is 5.97 Å². The summed E-state index contributed by atoms with van der Waals surface area (Å²) in [6.07, 6.45) is -0.269. The molecule has 3 aliphatic carbocycles. The second kappa shape index (κ2) is 7.37. The van der Waals surface area contributed by atoms with Gasteiger partial charge in [0.2, 0.25) is 11.8 Å². The van der Waals surface area contributed by atoms with Crippen molar-refractivity contribution in [1.29, 1.82) is 0 Å². The van der Waals surface area contributed by atoms with E-state index < -0.39 is 22.1 Å². The van der Waals surface area contributed by atoms with Crippen LogP contribution in [0.5, 0.6) is 0 Å². The third-order valence-corrected chi connectivity index (χ3v) is 8.54. The van der Waals surface area contributed by atoms with E-state index in [1.54, 1.807) is 38.1 Å². The van der Waals surface area contributed by atoms with Gasteiger partial charge in [0.05, 0.1) is 33.5 Å². The molecule has 2 amide bonds. The van der Waals surface area contributed by atoms with Crippen LogP contribution in [0.15, 0.2) is 72.8 Å². The SMILES string of the molecule is CC(C)OC(=O)c1cccc(N2C(=O)[C@H]3C4c5ccccc5C(Br)(c5ccccc54)[C@H]3C2=O)c1. The van der Waals surface area contributed by atoms with Crippen molar-refractivity contribution < 1.29 is 19.1 Å². The van der Waals surface area contributed by atoms with Gasteiger partial charge in [-0.05, 0) is 54.3 Å². The number of benzene rings is 3. The topological polar surface area (TPSA) is 63.7 Å². The quantitative estimate of drug-likeness (QED) is 0.274. The first-order chi connectivity index (χ1) is 16.3. The van der Waals surface area contributed by atoms with E-state index in [-0.39, 0.29) is 23.8 Å². The van der Waals surface area contributed by atoms with Gasteiger partial charge in [0.15, 0.2) is 0 Å². The van der Waals surface area contributed by atoms with Gasteiger partial charge < -0.3 is 4.74 Å². The lowest BCUT2D eigenvalue weighted by Gasteiger charge is -2.51. The number of carbonyl (C=O) groups excluding carboxylic acids is 3. The Balaban J connectivity index is 1.49. The van der Waals surface area contributed by atoms with E-state index in [2.05, 4.69) is 28.1 Å². The molecule has 0 N–H and O–H groups in total. The molecule has 2 bridgehead atoms. The number of hydrogen-bond acceptors (Lipinski definition) is 4. The smallest absolute Gasteiger partial charge is 0.338 e. The number of imide groups is 1. The van der Waals surface area contributed by atoms with Crippen LogP contribution in [0.3, 0.4) is 0 Å². The highest BCUT2D eigenvalue weighted by Gasteiger charge is 2.67. The number of alkyl halides is 1. The highest BCUT2D eigenvalue weighted by Crippen LogP contribution is 2.66. The second-order valence-electron chi connectivity index (χ2n) is 9.38. The molecule has 5 nitrogen and oxygen atoms in total. The fourth-order valence-corrected chi connectivity index (χ4v) is 7.19. The van der Waals surface area contributed by atoms with Crippen LogP contribution in [0.2, 0.25) is 0 Å². The molecule has 0 spiro atoms. The van der Waals surface area contributed by atoms with Crippen molar-refractivity contribution in [3.05, 3.63) is 101 Å². The highest BCUT2D eigenvalue weighted by atomic mass is 79.9. The molecule has 1 heterocycles. The van der Waals surface area contributed by atoms with Crippen LogP contribution < -0.4 is 4.90 Å². The summed E-state index contributed by atoms with van der Waals surface area (Å²) in [7, 11) is 0. The van der Waals surface area contributed by atoms with Crippen LogP contribution in [0.4, 0.5) is 5.69 Å². The lowest BCUT2D eigenvalue weighted by Crippen LogP contribution is -2.50. The van der Waals surface area contributed by atoms with Crippen LogP contribution in [0, 0.1) is 11.8 Å². The maximum absolute atomic E-state index is 14.0. The lowest BCUT2D eigenvalue weighted by atomic mass is 9.55. The van der Waals surface area contributed by atoms with Crippen LogP contribution in [-0.4, -0.2) is 23.9 Å². The van der Waals surface area contributed by atoms with Gasteiger partial charge in [0, 0.05) is 5.92 Å². The van der Waals surface area contributed by atoms with Crippen LogP contribution in [0.1, 0.15) is 52.4 Å². The summed E-state index contributed by atoms with van der Waals surface area (Å²) >= 11 is 4.00. The number of amides is 2. The zero-order valence-electron chi connectivity index (χ0n) is 18.7. The van der Waals surface area contributed by atoms with Gasteiger partial charge in [-0.3, -0.25) is 9.59 Å². The highest BCUT2D eigenvalue weighted by molar-refractivity contribution is 9.09. The summed E-state index contributed by atoms with van der Waals surface area (Å²) in [4.78, 5) is 41.7. The fraction of sp³-hybridized carbons (Fsp3) is 0.250. The van der Waals surface area contributed by atoms with E-state index in [1.807, 2.05) is 36.4 Å². The first-order valence-corrected chi connectivity index (χ1v) is 12.2. The number of anilines is 1. The van der Waals surface area contributed by atoms with Gasteiger partial charge in [0.25, 0.3) is 0 Å². The Morgan fingerprint density at radius 1 is 0.912 bits per heavy atom. The lowest BCUT2D eigenvalue weighted by molar-refractivity contribution is -0.122. The average Bonchev–Trinajstić information content (AvgIpc) is 3.10. The minimum Gasteiger partial charge on any atom is -0.459 e. The van der Waals surface area contributed by atoms with E-state index in [0.29, 0.717) is 11.3 Å². The zero-order chi connectivity index (χ0) is 23.8. The predicted octanol–water partition coefficient (Wildman–Crippen LogP) is 5.16. The van der Waals surface area contributed by atoms with Crippen molar-refractivity contribution in [3.63, 3.8) is 0 Å². The van der Waals surface area contributed by atoms with E-state index in [4.69, 9.17) is 4.74 Å². The second-order valence-corrected chi connectivity index (χ2v) is 10.6. The van der Waals surface area contributed by atoms with Crippen molar-refractivity contribution in [2.45, 2.75) is 30.2 Å². The Kier molecular flexibility index (Phi) is 4.62. The molecular formula is C28H22BrNO4. The molecule has 4 aliphatic rings. The number of ether oxygens (including phenoxy) is 1.